The van der Waals surface area contributed by atoms with E-state index >= 15 is 0 Å². The van der Waals surface area contributed by atoms with Crippen LogP contribution in [0.25, 0.3) is 0 Å². The van der Waals surface area contributed by atoms with E-state index in [0.29, 0.717) is 4.90 Å². The minimum atomic E-state index is -3.52. The summed E-state index contributed by atoms with van der Waals surface area (Å²) in [5, 5.41) is 11.1. The number of halogens is 1. The normalized spacial score (nSPS) is 12.8. The zero-order chi connectivity index (χ0) is 17.2. The molecule has 0 saturated carbocycles. The Morgan fingerprint density at radius 3 is 2.30 bits per heavy atom. The molecule has 0 aliphatic heterocycles. The third kappa shape index (κ3) is 4.29. The molecule has 0 aliphatic rings. The van der Waals surface area contributed by atoms with Gasteiger partial charge in [-0.1, -0.05) is 12.1 Å². The van der Waals surface area contributed by atoms with Crippen LogP contribution in [0.3, 0.4) is 0 Å². The van der Waals surface area contributed by atoms with E-state index in [9.17, 15) is 22.9 Å². The van der Waals surface area contributed by atoms with Crippen LogP contribution >= 0.6 is 11.8 Å². The maximum atomic E-state index is 13.0. The highest BCUT2D eigenvalue weighted by molar-refractivity contribution is 7.99. The molecular weight excluding hydrogens is 341 g/mol. The monoisotopic (exact) mass is 355 g/mol. The summed E-state index contributed by atoms with van der Waals surface area (Å²) >= 11 is 1.22. The fraction of sp³-hybridized carbons (Fsp3) is 0.200. The second-order valence-corrected chi connectivity index (χ2v) is 8.37. The third-order valence-electron chi connectivity index (χ3n) is 3.20. The molecule has 2 aromatic rings. The van der Waals surface area contributed by atoms with Crippen LogP contribution in [0.4, 0.5) is 10.1 Å². The minimum absolute atomic E-state index is 0.0945. The van der Waals surface area contributed by atoms with E-state index in [1.54, 1.807) is 12.1 Å². The van der Waals surface area contributed by atoms with Gasteiger partial charge in [-0.15, -0.1) is 11.8 Å². The molecule has 0 aliphatic carbocycles. The van der Waals surface area contributed by atoms with Crippen molar-refractivity contribution in [3.8, 4) is 0 Å². The number of thioether (sulfide) groups is 1. The third-order valence-corrected chi connectivity index (χ3v) is 5.53. The maximum Gasteiger partial charge on any atom is 0.284 e. The first kappa shape index (κ1) is 17.4. The van der Waals surface area contributed by atoms with Gasteiger partial charge < -0.3 is 0 Å². The highest BCUT2D eigenvalue weighted by Crippen LogP contribution is 2.40. The SMILES string of the molecule is CC(Sc1ccc(S(C)(=O)=O)cc1[N+](=O)[O-])c1ccc(F)cc1. The predicted octanol–water partition coefficient (Wildman–Crippen LogP) is 3.99. The van der Waals surface area contributed by atoms with Crippen molar-refractivity contribution < 1.29 is 17.7 Å². The van der Waals surface area contributed by atoms with Crippen molar-refractivity contribution in [2.45, 2.75) is 22.0 Å². The Balaban J connectivity index is 2.35. The molecule has 8 heteroatoms. The summed E-state index contributed by atoms with van der Waals surface area (Å²) in [4.78, 5) is 10.9. The van der Waals surface area contributed by atoms with Gasteiger partial charge in [0.15, 0.2) is 9.84 Å². The molecule has 0 N–H and O–H groups in total. The minimum Gasteiger partial charge on any atom is -0.258 e. The Labute approximate surface area is 137 Å². The first-order chi connectivity index (χ1) is 10.7. The molecule has 2 aromatic carbocycles. The van der Waals surface area contributed by atoms with E-state index in [0.717, 1.165) is 17.9 Å². The maximum absolute atomic E-state index is 13.0. The molecule has 122 valence electrons. The molecule has 0 aromatic heterocycles. The number of nitro groups is 1. The largest absolute Gasteiger partial charge is 0.284 e. The molecule has 0 heterocycles. The summed E-state index contributed by atoms with van der Waals surface area (Å²) in [5.74, 6) is -0.352. The molecular formula is C15H14FNO4S2. The van der Waals surface area contributed by atoms with Gasteiger partial charge in [0.05, 0.1) is 14.7 Å². The molecule has 0 saturated heterocycles. The Kier molecular flexibility index (Phi) is 5.06. The van der Waals surface area contributed by atoms with Crippen molar-refractivity contribution in [3.05, 3.63) is 64.0 Å². The van der Waals surface area contributed by atoms with E-state index < -0.39 is 14.8 Å². The molecule has 0 bridgehead atoms. The molecule has 5 nitrogen and oxygen atoms in total. The number of hydrogen-bond acceptors (Lipinski definition) is 5. The Hall–Kier alpha value is -1.93. The van der Waals surface area contributed by atoms with Gasteiger partial charge in [-0.05, 0) is 36.8 Å². The molecule has 23 heavy (non-hydrogen) atoms. The van der Waals surface area contributed by atoms with Crippen LogP contribution in [0.2, 0.25) is 0 Å². The number of sulfone groups is 1. The smallest absolute Gasteiger partial charge is 0.258 e. The summed E-state index contributed by atoms with van der Waals surface area (Å²) in [6.07, 6.45) is 1.00. The van der Waals surface area contributed by atoms with Gasteiger partial charge >= 0.3 is 0 Å². The van der Waals surface area contributed by atoms with E-state index in [4.69, 9.17) is 0 Å². The standard InChI is InChI=1S/C15H14FNO4S2/c1-10(11-3-5-12(16)6-4-11)22-15-8-7-13(23(2,20)21)9-14(15)17(18)19/h3-10H,1-2H3. The highest BCUT2D eigenvalue weighted by atomic mass is 32.2. The molecule has 0 fully saturated rings. The van der Waals surface area contributed by atoms with Crippen molar-refractivity contribution in [1.29, 1.82) is 0 Å². The lowest BCUT2D eigenvalue weighted by Gasteiger charge is -2.12. The fourth-order valence-electron chi connectivity index (χ4n) is 1.96. The predicted molar refractivity (Wildman–Crippen MR) is 86.9 cm³/mol. The van der Waals surface area contributed by atoms with Crippen LogP contribution in [-0.2, 0) is 9.84 Å². The number of benzene rings is 2. The molecule has 1 unspecified atom stereocenters. The first-order valence-corrected chi connectivity index (χ1v) is 9.36. The van der Waals surface area contributed by atoms with Gasteiger partial charge in [-0.3, -0.25) is 10.1 Å². The summed E-state index contributed by atoms with van der Waals surface area (Å²) < 4.78 is 36.0. The zero-order valence-corrected chi connectivity index (χ0v) is 14.0. The van der Waals surface area contributed by atoms with Gasteiger partial charge in [0.1, 0.15) is 5.82 Å². The summed E-state index contributed by atoms with van der Waals surface area (Å²) in [6.45, 7) is 1.84. The van der Waals surface area contributed by atoms with E-state index in [1.807, 2.05) is 6.92 Å². The summed E-state index contributed by atoms with van der Waals surface area (Å²) in [7, 11) is -3.52. The lowest BCUT2D eigenvalue weighted by molar-refractivity contribution is -0.388. The van der Waals surface area contributed by atoms with Crippen LogP contribution < -0.4 is 0 Å². The molecule has 0 amide bonds. The first-order valence-electron chi connectivity index (χ1n) is 6.59. The topological polar surface area (TPSA) is 77.3 Å². The van der Waals surface area contributed by atoms with Crippen LogP contribution in [-0.4, -0.2) is 19.6 Å². The number of rotatable bonds is 5. The Morgan fingerprint density at radius 2 is 1.78 bits per heavy atom. The Morgan fingerprint density at radius 1 is 1.17 bits per heavy atom. The van der Waals surface area contributed by atoms with Crippen LogP contribution in [0.1, 0.15) is 17.7 Å². The number of nitro benzene ring substituents is 1. The Bertz CT molecular complexity index is 835. The second kappa shape index (κ2) is 6.67. The van der Waals surface area contributed by atoms with E-state index in [1.165, 1.54) is 36.0 Å². The quantitative estimate of drug-likeness (QED) is 0.460. The lowest BCUT2D eigenvalue weighted by Crippen LogP contribution is -2.00. The summed E-state index contributed by atoms with van der Waals surface area (Å²) in [5.41, 5.74) is 0.560. The van der Waals surface area contributed by atoms with Gasteiger partial charge in [-0.25, -0.2) is 12.8 Å². The molecule has 0 radical (unpaired) electrons. The van der Waals surface area contributed by atoms with Crippen molar-refractivity contribution >= 4 is 27.3 Å². The second-order valence-electron chi connectivity index (χ2n) is 4.97. The van der Waals surface area contributed by atoms with E-state index in [-0.39, 0.29) is 21.7 Å². The summed E-state index contributed by atoms with van der Waals surface area (Å²) in [6, 6.07) is 9.73. The van der Waals surface area contributed by atoms with Crippen LogP contribution in [0.5, 0.6) is 0 Å². The van der Waals surface area contributed by atoms with Gasteiger partial charge in [-0.2, -0.15) is 0 Å². The van der Waals surface area contributed by atoms with Crippen molar-refractivity contribution in [1.82, 2.24) is 0 Å². The van der Waals surface area contributed by atoms with Crippen LogP contribution in [0.15, 0.2) is 52.3 Å². The molecule has 2 rings (SSSR count). The highest BCUT2D eigenvalue weighted by Gasteiger charge is 2.21. The van der Waals surface area contributed by atoms with Gasteiger partial charge in [0.2, 0.25) is 0 Å². The fourth-order valence-corrected chi connectivity index (χ4v) is 3.68. The van der Waals surface area contributed by atoms with Gasteiger partial charge in [0, 0.05) is 17.6 Å². The zero-order valence-electron chi connectivity index (χ0n) is 12.4. The number of nitrogens with zero attached hydrogens (tertiary/aromatic N) is 1. The van der Waals surface area contributed by atoms with E-state index in [2.05, 4.69) is 0 Å². The van der Waals surface area contributed by atoms with Gasteiger partial charge in [0.25, 0.3) is 5.69 Å². The molecule has 1 atom stereocenters. The average Bonchev–Trinajstić information content (AvgIpc) is 2.46. The average molecular weight is 355 g/mol. The molecule has 0 spiro atoms. The van der Waals surface area contributed by atoms with Crippen molar-refractivity contribution in [2.75, 3.05) is 6.26 Å². The number of hydrogen-bond donors (Lipinski definition) is 0. The van der Waals surface area contributed by atoms with Crippen molar-refractivity contribution in [2.24, 2.45) is 0 Å². The van der Waals surface area contributed by atoms with Crippen LogP contribution in [0, 0.1) is 15.9 Å². The van der Waals surface area contributed by atoms with Crippen molar-refractivity contribution in [3.63, 3.8) is 0 Å². The lowest BCUT2D eigenvalue weighted by atomic mass is 10.2.